The van der Waals surface area contributed by atoms with Crippen LogP contribution in [0.4, 0.5) is 0 Å². The quantitative estimate of drug-likeness (QED) is 0.782. The summed E-state index contributed by atoms with van der Waals surface area (Å²) in [7, 11) is 0. The van der Waals surface area contributed by atoms with Crippen LogP contribution in [0.5, 0.6) is 0 Å². The van der Waals surface area contributed by atoms with Crippen LogP contribution in [0.1, 0.15) is 44.9 Å². The summed E-state index contributed by atoms with van der Waals surface area (Å²) in [4.78, 5) is 12.8. The van der Waals surface area contributed by atoms with E-state index in [2.05, 4.69) is 4.90 Å². The van der Waals surface area contributed by atoms with Crippen LogP contribution in [-0.2, 0) is 4.79 Å². The van der Waals surface area contributed by atoms with E-state index in [0.717, 1.165) is 19.6 Å². The van der Waals surface area contributed by atoms with Crippen molar-refractivity contribution >= 4 is 5.97 Å². The van der Waals surface area contributed by atoms with Gasteiger partial charge in [-0.25, -0.2) is 4.79 Å². The number of hydrogen-bond acceptors (Lipinski definition) is 3. The lowest BCUT2D eigenvalue weighted by Gasteiger charge is -2.50. The number of carboxylic acids is 1. The molecule has 1 unspecified atom stereocenters. The molecule has 4 heteroatoms. The number of carboxylic acid groups (broad SMARTS) is 1. The third kappa shape index (κ3) is 3.19. The van der Waals surface area contributed by atoms with Crippen molar-refractivity contribution < 1.29 is 15.0 Å². The van der Waals surface area contributed by atoms with Gasteiger partial charge in [-0.15, -0.1) is 0 Å². The van der Waals surface area contributed by atoms with Crippen molar-refractivity contribution in [3.8, 4) is 0 Å². The second-order valence-electron chi connectivity index (χ2n) is 5.77. The fraction of sp³-hybridized carbons (Fsp3) is 0.923. The summed E-state index contributed by atoms with van der Waals surface area (Å²) in [5.41, 5.74) is 0.532. The number of likely N-dealkylation sites (tertiary alicyclic amines) is 1. The monoisotopic (exact) mass is 241 g/mol. The molecular formula is C13H23NO3. The third-order valence-electron chi connectivity index (χ3n) is 4.29. The van der Waals surface area contributed by atoms with Gasteiger partial charge in [0.1, 0.15) is 0 Å². The second-order valence-corrected chi connectivity index (χ2v) is 5.77. The Balaban J connectivity index is 1.69. The third-order valence-corrected chi connectivity index (χ3v) is 4.29. The van der Waals surface area contributed by atoms with Gasteiger partial charge in [-0.3, -0.25) is 0 Å². The molecule has 1 saturated heterocycles. The zero-order chi connectivity index (χ0) is 12.3. The molecule has 1 spiro atoms. The topological polar surface area (TPSA) is 60.8 Å². The number of hydrogen-bond donors (Lipinski definition) is 2. The lowest BCUT2D eigenvalue weighted by atomic mass is 9.73. The molecule has 0 aromatic rings. The number of nitrogens with zero attached hydrogens (tertiary/aromatic N) is 1. The Hall–Kier alpha value is -0.610. The van der Waals surface area contributed by atoms with Crippen molar-refractivity contribution in [2.24, 2.45) is 5.41 Å². The van der Waals surface area contributed by atoms with Gasteiger partial charge in [0, 0.05) is 19.6 Å². The molecule has 0 aromatic carbocycles. The number of aliphatic hydroxyl groups excluding tert-OH is 1. The first kappa shape index (κ1) is 12.8. The Morgan fingerprint density at radius 2 is 1.76 bits per heavy atom. The van der Waals surface area contributed by atoms with E-state index in [1.807, 2.05) is 0 Å². The number of aliphatic hydroxyl groups is 1. The SMILES string of the molecule is O=C(O)C(O)CCN1CC2(CCCCCC2)C1. The summed E-state index contributed by atoms with van der Waals surface area (Å²) in [6.07, 6.45) is 7.29. The first-order valence-corrected chi connectivity index (χ1v) is 6.75. The average Bonchev–Trinajstić information content (AvgIpc) is 2.49. The zero-order valence-electron chi connectivity index (χ0n) is 10.4. The Morgan fingerprint density at radius 3 is 2.29 bits per heavy atom. The molecule has 0 amide bonds. The number of aliphatic carboxylic acids is 1. The molecule has 2 fully saturated rings. The van der Waals surface area contributed by atoms with Gasteiger partial charge in [0.15, 0.2) is 6.10 Å². The summed E-state index contributed by atoms with van der Waals surface area (Å²) in [6.45, 7) is 2.94. The lowest BCUT2D eigenvalue weighted by Crippen LogP contribution is -2.56. The molecule has 0 radical (unpaired) electrons. The minimum Gasteiger partial charge on any atom is -0.479 e. The van der Waals surface area contributed by atoms with E-state index >= 15 is 0 Å². The molecule has 0 aromatic heterocycles. The van der Waals surface area contributed by atoms with Gasteiger partial charge >= 0.3 is 5.97 Å². The van der Waals surface area contributed by atoms with Crippen LogP contribution in [0, 0.1) is 5.41 Å². The maximum Gasteiger partial charge on any atom is 0.332 e. The van der Waals surface area contributed by atoms with Gasteiger partial charge in [-0.05, 0) is 24.7 Å². The Morgan fingerprint density at radius 1 is 1.18 bits per heavy atom. The van der Waals surface area contributed by atoms with Crippen LogP contribution in [0.2, 0.25) is 0 Å². The fourth-order valence-corrected chi connectivity index (χ4v) is 3.28. The predicted molar refractivity (Wildman–Crippen MR) is 64.8 cm³/mol. The number of rotatable bonds is 4. The normalized spacial score (nSPS) is 26.2. The van der Waals surface area contributed by atoms with Gasteiger partial charge in [0.25, 0.3) is 0 Å². The highest BCUT2D eigenvalue weighted by Gasteiger charge is 2.42. The summed E-state index contributed by atoms with van der Waals surface area (Å²) in [6, 6.07) is 0. The highest BCUT2D eigenvalue weighted by Crippen LogP contribution is 2.42. The Kier molecular flexibility index (Phi) is 4.05. The molecule has 17 heavy (non-hydrogen) atoms. The molecule has 98 valence electrons. The maximum atomic E-state index is 10.5. The van der Waals surface area contributed by atoms with Gasteiger partial charge in [0.2, 0.25) is 0 Å². The van der Waals surface area contributed by atoms with E-state index in [0.29, 0.717) is 11.8 Å². The van der Waals surface area contributed by atoms with Gasteiger partial charge in [0.05, 0.1) is 0 Å². The smallest absolute Gasteiger partial charge is 0.332 e. The maximum absolute atomic E-state index is 10.5. The average molecular weight is 241 g/mol. The van der Waals surface area contributed by atoms with Crippen LogP contribution >= 0.6 is 0 Å². The summed E-state index contributed by atoms with van der Waals surface area (Å²) in [5, 5.41) is 17.8. The van der Waals surface area contributed by atoms with Crippen LogP contribution in [0.3, 0.4) is 0 Å². The molecular weight excluding hydrogens is 218 g/mol. The first-order valence-electron chi connectivity index (χ1n) is 6.75. The molecule has 1 saturated carbocycles. The highest BCUT2D eigenvalue weighted by molar-refractivity contribution is 5.71. The van der Waals surface area contributed by atoms with E-state index in [1.54, 1.807) is 0 Å². The van der Waals surface area contributed by atoms with Crippen molar-refractivity contribution in [3.05, 3.63) is 0 Å². The largest absolute Gasteiger partial charge is 0.479 e. The minimum atomic E-state index is -1.19. The molecule has 4 nitrogen and oxygen atoms in total. The minimum absolute atomic E-state index is 0.353. The zero-order valence-corrected chi connectivity index (χ0v) is 10.4. The Labute approximate surface area is 103 Å². The molecule has 2 aliphatic rings. The first-order chi connectivity index (χ1) is 8.11. The van der Waals surface area contributed by atoms with Gasteiger partial charge < -0.3 is 15.1 Å². The summed E-state index contributed by atoms with van der Waals surface area (Å²) >= 11 is 0. The Bertz CT molecular complexity index is 264. The lowest BCUT2D eigenvalue weighted by molar-refractivity contribution is -0.147. The highest BCUT2D eigenvalue weighted by atomic mass is 16.4. The predicted octanol–water partition coefficient (Wildman–Crippen LogP) is 1.48. The van der Waals surface area contributed by atoms with Crippen molar-refractivity contribution in [1.82, 2.24) is 4.90 Å². The van der Waals surface area contributed by atoms with E-state index in [4.69, 9.17) is 5.11 Å². The van der Waals surface area contributed by atoms with Crippen LogP contribution in [0.25, 0.3) is 0 Å². The van der Waals surface area contributed by atoms with Gasteiger partial charge in [-0.2, -0.15) is 0 Å². The van der Waals surface area contributed by atoms with Crippen LogP contribution in [-0.4, -0.2) is 46.8 Å². The van der Waals surface area contributed by atoms with Gasteiger partial charge in [-0.1, -0.05) is 25.7 Å². The van der Waals surface area contributed by atoms with E-state index in [-0.39, 0.29) is 0 Å². The van der Waals surface area contributed by atoms with Crippen LogP contribution < -0.4 is 0 Å². The molecule has 2 rings (SSSR count). The molecule has 1 aliphatic heterocycles. The standard InChI is InChI=1S/C13H23NO3/c15-11(12(16)17)5-8-14-9-13(10-14)6-3-1-2-4-7-13/h11,15H,1-10H2,(H,16,17). The molecule has 1 aliphatic carbocycles. The van der Waals surface area contributed by atoms with Crippen molar-refractivity contribution in [3.63, 3.8) is 0 Å². The summed E-state index contributed by atoms with van der Waals surface area (Å²) < 4.78 is 0. The van der Waals surface area contributed by atoms with E-state index < -0.39 is 12.1 Å². The molecule has 0 bridgehead atoms. The van der Waals surface area contributed by atoms with Crippen LogP contribution in [0.15, 0.2) is 0 Å². The summed E-state index contributed by atoms with van der Waals surface area (Å²) in [5.74, 6) is -1.10. The second kappa shape index (κ2) is 5.36. The fourth-order valence-electron chi connectivity index (χ4n) is 3.28. The molecule has 1 heterocycles. The number of carbonyl (C=O) groups is 1. The van der Waals surface area contributed by atoms with Crippen molar-refractivity contribution in [2.45, 2.75) is 51.0 Å². The van der Waals surface area contributed by atoms with Crippen molar-refractivity contribution in [1.29, 1.82) is 0 Å². The molecule has 2 N–H and O–H groups in total. The van der Waals surface area contributed by atoms with Crippen molar-refractivity contribution in [2.75, 3.05) is 19.6 Å². The van der Waals surface area contributed by atoms with E-state index in [1.165, 1.54) is 38.5 Å². The van der Waals surface area contributed by atoms with E-state index in [9.17, 15) is 9.90 Å². The molecule has 1 atom stereocenters.